The van der Waals surface area contributed by atoms with E-state index >= 15 is 0 Å². The Labute approximate surface area is 123 Å². The molecule has 1 amide bonds. The van der Waals surface area contributed by atoms with Crippen molar-refractivity contribution in [3.05, 3.63) is 64.7 Å². The van der Waals surface area contributed by atoms with E-state index in [9.17, 15) is 4.79 Å². The Morgan fingerprint density at radius 1 is 1.19 bits per heavy atom. The van der Waals surface area contributed by atoms with Crippen LogP contribution in [0.1, 0.15) is 27.0 Å². The normalized spacial score (nSPS) is 10.3. The summed E-state index contributed by atoms with van der Waals surface area (Å²) in [6, 6.07) is 14.3. The highest BCUT2D eigenvalue weighted by Gasteiger charge is 2.05. The number of benzene rings is 2. The summed E-state index contributed by atoms with van der Waals surface area (Å²) in [6.07, 6.45) is 3.72. The minimum Gasteiger partial charge on any atom is -0.496 e. The Balaban J connectivity index is 2.32. The Kier molecular flexibility index (Phi) is 4.37. The molecule has 21 heavy (non-hydrogen) atoms. The SMILES string of the molecule is COc1ccc(C(N)=O)cc1C=Cc1ccc(C#N)cc1. The van der Waals surface area contributed by atoms with Gasteiger partial charge in [-0.05, 0) is 35.9 Å². The number of rotatable bonds is 4. The van der Waals surface area contributed by atoms with Crippen LogP contribution in [0, 0.1) is 11.3 Å². The molecule has 0 aliphatic heterocycles. The Morgan fingerprint density at radius 2 is 1.90 bits per heavy atom. The standard InChI is InChI=1S/C17H14N2O2/c1-21-16-9-8-15(17(19)20)10-14(16)7-6-12-2-4-13(11-18)5-3-12/h2-10H,1H3,(H2,19,20). The first-order valence-electron chi connectivity index (χ1n) is 6.30. The lowest BCUT2D eigenvalue weighted by atomic mass is 10.1. The van der Waals surface area contributed by atoms with Crippen LogP contribution in [0.25, 0.3) is 12.2 Å². The highest BCUT2D eigenvalue weighted by molar-refractivity contribution is 5.94. The quantitative estimate of drug-likeness (QED) is 0.874. The van der Waals surface area contributed by atoms with Crippen LogP contribution < -0.4 is 10.5 Å². The monoisotopic (exact) mass is 278 g/mol. The summed E-state index contributed by atoms with van der Waals surface area (Å²) in [5.74, 6) is 0.176. The van der Waals surface area contributed by atoms with Crippen LogP contribution in [-0.2, 0) is 0 Å². The lowest BCUT2D eigenvalue weighted by Gasteiger charge is -2.06. The molecular formula is C17H14N2O2. The van der Waals surface area contributed by atoms with Gasteiger partial charge < -0.3 is 10.5 Å². The topological polar surface area (TPSA) is 76.1 Å². The predicted octanol–water partition coefficient (Wildman–Crippen LogP) is 2.84. The third kappa shape index (κ3) is 3.48. The summed E-state index contributed by atoms with van der Waals surface area (Å²) in [5, 5.41) is 8.76. The van der Waals surface area contributed by atoms with E-state index in [1.165, 1.54) is 0 Å². The Bertz CT molecular complexity index is 725. The van der Waals surface area contributed by atoms with E-state index in [0.717, 1.165) is 11.1 Å². The predicted molar refractivity (Wildman–Crippen MR) is 81.6 cm³/mol. The summed E-state index contributed by atoms with van der Waals surface area (Å²) >= 11 is 0. The molecule has 0 saturated carbocycles. The molecule has 2 rings (SSSR count). The zero-order chi connectivity index (χ0) is 15.2. The molecule has 0 aliphatic carbocycles. The number of carbonyl (C=O) groups is 1. The summed E-state index contributed by atoms with van der Waals surface area (Å²) in [7, 11) is 1.57. The number of methoxy groups -OCH3 is 1. The molecule has 0 fully saturated rings. The van der Waals surface area contributed by atoms with E-state index < -0.39 is 5.91 Å². The number of nitriles is 1. The van der Waals surface area contributed by atoms with Crippen LogP contribution in [0.4, 0.5) is 0 Å². The summed E-state index contributed by atoms with van der Waals surface area (Å²) < 4.78 is 5.26. The van der Waals surface area contributed by atoms with Gasteiger partial charge in [0.25, 0.3) is 0 Å². The fraction of sp³-hybridized carbons (Fsp3) is 0.0588. The zero-order valence-corrected chi connectivity index (χ0v) is 11.5. The molecule has 0 saturated heterocycles. The average Bonchev–Trinajstić information content (AvgIpc) is 2.53. The minimum absolute atomic E-state index is 0.426. The van der Waals surface area contributed by atoms with Gasteiger partial charge in [0.05, 0.1) is 18.7 Å². The Morgan fingerprint density at radius 3 is 2.48 bits per heavy atom. The van der Waals surface area contributed by atoms with Crippen LogP contribution in [0.5, 0.6) is 5.75 Å². The molecule has 104 valence electrons. The van der Waals surface area contributed by atoms with Gasteiger partial charge in [0.2, 0.25) is 5.91 Å². The number of hydrogen-bond donors (Lipinski definition) is 1. The third-order valence-electron chi connectivity index (χ3n) is 3.01. The number of amides is 1. The second-order valence-electron chi connectivity index (χ2n) is 4.39. The smallest absolute Gasteiger partial charge is 0.248 e. The molecule has 0 spiro atoms. The van der Waals surface area contributed by atoms with Crippen molar-refractivity contribution in [2.24, 2.45) is 5.73 Å². The second-order valence-corrected chi connectivity index (χ2v) is 4.39. The zero-order valence-electron chi connectivity index (χ0n) is 11.5. The van der Waals surface area contributed by atoms with E-state index in [2.05, 4.69) is 6.07 Å². The van der Waals surface area contributed by atoms with Crippen molar-refractivity contribution < 1.29 is 9.53 Å². The van der Waals surface area contributed by atoms with Gasteiger partial charge >= 0.3 is 0 Å². The lowest BCUT2D eigenvalue weighted by molar-refractivity contribution is 0.1000. The molecule has 2 aromatic rings. The van der Waals surface area contributed by atoms with Crippen LogP contribution in [-0.4, -0.2) is 13.0 Å². The summed E-state index contributed by atoms with van der Waals surface area (Å²) in [5.41, 5.74) is 8.02. The van der Waals surface area contributed by atoms with E-state index in [-0.39, 0.29) is 0 Å². The van der Waals surface area contributed by atoms with Gasteiger partial charge in [0.15, 0.2) is 0 Å². The fourth-order valence-electron chi connectivity index (χ4n) is 1.87. The van der Waals surface area contributed by atoms with Crippen LogP contribution in [0.3, 0.4) is 0 Å². The van der Waals surface area contributed by atoms with Gasteiger partial charge in [-0.15, -0.1) is 0 Å². The van der Waals surface area contributed by atoms with E-state index in [0.29, 0.717) is 16.9 Å². The molecule has 2 N–H and O–H groups in total. The molecule has 2 aromatic carbocycles. The molecule has 0 atom stereocenters. The van der Waals surface area contributed by atoms with Crippen LogP contribution in [0.2, 0.25) is 0 Å². The maximum atomic E-state index is 11.2. The molecule has 0 radical (unpaired) electrons. The van der Waals surface area contributed by atoms with E-state index in [4.69, 9.17) is 15.7 Å². The molecule has 0 heterocycles. The van der Waals surface area contributed by atoms with Gasteiger partial charge in [0.1, 0.15) is 5.75 Å². The van der Waals surface area contributed by atoms with Gasteiger partial charge in [-0.2, -0.15) is 5.26 Å². The van der Waals surface area contributed by atoms with Crippen molar-refractivity contribution in [2.45, 2.75) is 0 Å². The van der Waals surface area contributed by atoms with Gasteiger partial charge in [0, 0.05) is 11.1 Å². The van der Waals surface area contributed by atoms with Crippen LogP contribution in [0.15, 0.2) is 42.5 Å². The molecule has 0 unspecified atom stereocenters. The third-order valence-corrected chi connectivity index (χ3v) is 3.01. The fourth-order valence-corrected chi connectivity index (χ4v) is 1.87. The maximum Gasteiger partial charge on any atom is 0.248 e. The molecule has 4 nitrogen and oxygen atoms in total. The molecule has 0 aliphatic rings. The number of nitrogens with two attached hydrogens (primary N) is 1. The number of carbonyl (C=O) groups excluding carboxylic acids is 1. The molecular weight excluding hydrogens is 264 g/mol. The molecule has 0 bridgehead atoms. The van der Waals surface area contributed by atoms with Gasteiger partial charge in [-0.25, -0.2) is 0 Å². The molecule has 4 heteroatoms. The second kappa shape index (κ2) is 6.40. The van der Waals surface area contributed by atoms with E-state index in [1.54, 1.807) is 37.4 Å². The number of primary amides is 1. The first-order chi connectivity index (χ1) is 10.1. The highest BCUT2D eigenvalue weighted by Crippen LogP contribution is 2.22. The van der Waals surface area contributed by atoms with Gasteiger partial charge in [-0.3, -0.25) is 4.79 Å². The van der Waals surface area contributed by atoms with Crippen LogP contribution >= 0.6 is 0 Å². The highest BCUT2D eigenvalue weighted by atomic mass is 16.5. The summed E-state index contributed by atoms with van der Waals surface area (Å²) in [6.45, 7) is 0. The van der Waals surface area contributed by atoms with Crippen molar-refractivity contribution in [1.82, 2.24) is 0 Å². The summed E-state index contributed by atoms with van der Waals surface area (Å²) in [4.78, 5) is 11.2. The van der Waals surface area contributed by atoms with Crippen molar-refractivity contribution in [1.29, 1.82) is 5.26 Å². The van der Waals surface area contributed by atoms with Crippen molar-refractivity contribution >= 4 is 18.1 Å². The van der Waals surface area contributed by atoms with Crippen molar-refractivity contribution in [2.75, 3.05) is 7.11 Å². The van der Waals surface area contributed by atoms with E-state index in [1.807, 2.05) is 24.3 Å². The van der Waals surface area contributed by atoms with Crippen molar-refractivity contribution in [3.8, 4) is 11.8 Å². The Hall–Kier alpha value is -3.06. The maximum absolute atomic E-state index is 11.2. The number of hydrogen-bond acceptors (Lipinski definition) is 3. The van der Waals surface area contributed by atoms with Gasteiger partial charge in [-0.1, -0.05) is 24.3 Å². The first-order valence-corrected chi connectivity index (χ1v) is 6.30. The lowest BCUT2D eigenvalue weighted by Crippen LogP contribution is -2.10. The first kappa shape index (κ1) is 14.4. The number of nitrogens with zero attached hydrogens (tertiary/aromatic N) is 1. The minimum atomic E-state index is -0.481. The number of ether oxygens (including phenoxy) is 1. The average molecular weight is 278 g/mol. The largest absolute Gasteiger partial charge is 0.496 e. The van der Waals surface area contributed by atoms with Crippen molar-refractivity contribution in [3.63, 3.8) is 0 Å². The molecule has 0 aromatic heterocycles.